The summed E-state index contributed by atoms with van der Waals surface area (Å²) in [6, 6.07) is 13.3. The van der Waals surface area contributed by atoms with Crippen LogP contribution in [-0.2, 0) is 6.54 Å². The molecule has 0 unspecified atom stereocenters. The van der Waals surface area contributed by atoms with E-state index in [2.05, 4.69) is 101 Å². The number of hydrogen-bond donors (Lipinski definition) is 4. The molecule has 1 aliphatic rings. The molecular weight excluding hydrogens is 597 g/mol. The molecule has 5 aromatic rings. The van der Waals surface area contributed by atoms with Crippen LogP contribution < -0.4 is 10.6 Å². The van der Waals surface area contributed by atoms with Crippen molar-refractivity contribution in [3.8, 4) is 22.6 Å². The van der Waals surface area contributed by atoms with E-state index in [1.807, 2.05) is 39.1 Å². The molecule has 0 aliphatic carbocycles. The van der Waals surface area contributed by atoms with Gasteiger partial charge in [-0.3, -0.25) is 5.10 Å². The largest absolute Gasteiger partial charge is 0.335 e. The maximum absolute atomic E-state index is 14.5. The van der Waals surface area contributed by atoms with E-state index in [1.165, 1.54) is 18.4 Å². The van der Waals surface area contributed by atoms with Crippen LogP contribution in [0.25, 0.3) is 50.3 Å². The van der Waals surface area contributed by atoms with Crippen molar-refractivity contribution in [1.29, 1.82) is 0 Å². The fourth-order valence-electron chi connectivity index (χ4n) is 5.90. The SMILES string of the molecule is C=C.C=C.C=C/C(=C\C(=C/C)c1ccc2[nH]nc(-c3nc4nccc(-c5cc(F)cc(CNC)c5)c4[nH]3)c2c1)CC1CCNCC1.CC. The number of aromatic amines is 2. The van der Waals surface area contributed by atoms with Crippen LogP contribution in [0.15, 0.2) is 105 Å². The highest BCUT2D eigenvalue weighted by Crippen LogP contribution is 2.33. The highest BCUT2D eigenvalue weighted by atomic mass is 19.1. The molecule has 8 heteroatoms. The van der Waals surface area contributed by atoms with Crippen LogP contribution in [0, 0.1) is 11.7 Å². The van der Waals surface area contributed by atoms with Crippen molar-refractivity contribution in [3.63, 3.8) is 0 Å². The first kappa shape index (κ1) is 37.5. The summed E-state index contributed by atoms with van der Waals surface area (Å²) in [4.78, 5) is 12.7. The zero-order valence-corrected chi connectivity index (χ0v) is 28.9. The predicted molar refractivity (Wildman–Crippen MR) is 203 cm³/mol. The molecule has 1 aliphatic heterocycles. The summed E-state index contributed by atoms with van der Waals surface area (Å²) in [7, 11) is 1.85. The number of nitrogens with zero attached hydrogens (tertiary/aromatic N) is 3. The zero-order chi connectivity index (χ0) is 35.1. The van der Waals surface area contributed by atoms with Gasteiger partial charge in [0.1, 0.15) is 11.5 Å². The fourth-order valence-corrected chi connectivity index (χ4v) is 5.90. The molecular formula is C40H50FN7. The molecule has 0 amide bonds. The summed E-state index contributed by atoms with van der Waals surface area (Å²) < 4.78 is 14.5. The third kappa shape index (κ3) is 8.91. The van der Waals surface area contributed by atoms with E-state index in [1.54, 1.807) is 18.3 Å². The number of halogens is 1. The van der Waals surface area contributed by atoms with Gasteiger partial charge in [0.05, 0.1) is 11.0 Å². The van der Waals surface area contributed by atoms with Gasteiger partial charge in [-0.1, -0.05) is 44.7 Å². The minimum atomic E-state index is -0.280. The maximum atomic E-state index is 14.5. The Labute approximate surface area is 284 Å². The molecule has 48 heavy (non-hydrogen) atoms. The molecule has 4 N–H and O–H groups in total. The van der Waals surface area contributed by atoms with E-state index in [9.17, 15) is 4.39 Å². The lowest BCUT2D eigenvalue weighted by Crippen LogP contribution is -2.27. The molecule has 7 nitrogen and oxygen atoms in total. The number of hydrogen-bond acceptors (Lipinski definition) is 5. The van der Waals surface area contributed by atoms with Crippen LogP contribution in [0.4, 0.5) is 4.39 Å². The first-order chi connectivity index (χ1) is 23.6. The third-order valence-corrected chi connectivity index (χ3v) is 8.06. The lowest BCUT2D eigenvalue weighted by molar-refractivity contribution is 0.374. The monoisotopic (exact) mass is 647 g/mol. The first-order valence-electron chi connectivity index (χ1n) is 16.5. The van der Waals surface area contributed by atoms with Gasteiger partial charge in [0.15, 0.2) is 11.5 Å². The molecule has 0 radical (unpaired) electrons. The Morgan fingerprint density at radius 1 is 1.04 bits per heavy atom. The minimum Gasteiger partial charge on any atom is -0.335 e. The lowest BCUT2D eigenvalue weighted by Gasteiger charge is -2.23. The molecule has 6 rings (SSSR count). The Morgan fingerprint density at radius 2 is 1.79 bits per heavy atom. The molecule has 1 saturated heterocycles. The second kappa shape index (κ2) is 19.0. The van der Waals surface area contributed by atoms with Gasteiger partial charge < -0.3 is 15.6 Å². The van der Waals surface area contributed by atoms with E-state index >= 15 is 0 Å². The summed E-state index contributed by atoms with van der Waals surface area (Å²) >= 11 is 0. The van der Waals surface area contributed by atoms with Crippen molar-refractivity contribution in [2.45, 2.75) is 46.6 Å². The summed E-state index contributed by atoms with van der Waals surface area (Å²) in [5.41, 5.74) is 8.90. The molecule has 0 spiro atoms. The standard InChI is InChI=1S/C34H36FN7.C2H6.2C2H4/c1-4-21(14-22-8-11-37-12-9-22)15-24(5-2)25-6-7-30-29(19-25)32(42-41-30)34-39-31-28(10-13-38-33(31)40-34)26-16-23(20-36-3)17-27(35)18-26;3*1-2/h4-7,10,13,15-19,22,36-37H,1,8-9,11-12,14,20H2,2-3H3,(H,41,42)(H,38,39,40);1-2H3;2*1-2H2/b21-15+,24-5+;;;. The Morgan fingerprint density at radius 3 is 2.48 bits per heavy atom. The normalized spacial score (nSPS) is 13.5. The molecule has 0 saturated carbocycles. The van der Waals surface area contributed by atoms with Gasteiger partial charge in [0, 0.05) is 23.7 Å². The Kier molecular flexibility index (Phi) is 14.9. The van der Waals surface area contributed by atoms with Gasteiger partial charge in [-0.2, -0.15) is 5.10 Å². The van der Waals surface area contributed by atoms with Gasteiger partial charge in [0.25, 0.3) is 0 Å². The van der Waals surface area contributed by atoms with E-state index in [-0.39, 0.29) is 5.82 Å². The van der Waals surface area contributed by atoms with Gasteiger partial charge in [-0.05, 0) is 116 Å². The summed E-state index contributed by atoms with van der Waals surface area (Å²) in [6.45, 7) is 24.9. The highest BCUT2D eigenvalue weighted by Gasteiger charge is 2.18. The van der Waals surface area contributed by atoms with Crippen molar-refractivity contribution < 1.29 is 4.39 Å². The highest BCUT2D eigenvalue weighted by molar-refractivity contribution is 5.97. The molecule has 252 valence electrons. The minimum absolute atomic E-state index is 0.280. The van der Waals surface area contributed by atoms with E-state index in [0.717, 1.165) is 63.8 Å². The van der Waals surface area contributed by atoms with Crippen LogP contribution in [0.5, 0.6) is 0 Å². The van der Waals surface area contributed by atoms with E-state index < -0.39 is 0 Å². The number of pyridine rings is 1. The average Bonchev–Trinajstić information content (AvgIpc) is 3.77. The van der Waals surface area contributed by atoms with Crippen LogP contribution in [0.2, 0.25) is 0 Å². The van der Waals surface area contributed by atoms with Crippen molar-refractivity contribution in [2.24, 2.45) is 5.92 Å². The van der Waals surface area contributed by atoms with Gasteiger partial charge in [-0.25, -0.2) is 14.4 Å². The van der Waals surface area contributed by atoms with Gasteiger partial charge >= 0.3 is 0 Å². The number of allylic oxidation sites excluding steroid dienone is 5. The number of aromatic nitrogens is 5. The smallest absolute Gasteiger partial charge is 0.178 e. The van der Waals surface area contributed by atoms with Crippen LogP contribution in [-0.4, -0.2) is 45.3 Å². The molecule has 4 heterocycles. The Bertz CT molecular complexity index is 1840. The van der Waals surface area contributed by atoms with Crippen LogP contribution in [0.1, 0.15) is 51.2 Å². The molecule has 3 aromatic heterocycles. The summed E-state index contributed by atoms with van der Waals surface area (Å²) in [5, 5.41) is 15.3. The topological polar surface area (TPSA) is 94.3 Å². The number of imidazole rings is 1. The van der Waals surface area contributed by atoms with Crippen molar-refractivity contribution >= 4 is 27.6 Å². The van der Waals surface area contributed by atoms with Crippen molar-refractivity contribution in [3.05, 3.63) is 122 Å². The van der Waals surface area contributed by atoms with Gasteiger partial charge in [-0.15, -0.1) is 26.3 Å². The third-order valence-electron chi connectivity index (χ3n) is 8.06. The van der Waals surface area contributed by atoms with Crippen LogP contribution in [0.3, 0.4) is 0 Å². The predicted octanol–water partition coefficient (Wildman–Crippen LogP) is 9.56. The lowest BCUT2D eigenvalue weighted by atomic mass is 9.89. The first-order valence-corrected chi connectivity index (χ1v) is 16.5. The fraction of sp³-hybridized carbons (Fsp3) is 0.275. The van der Waals surface area contributed by atoms with E-state index in [0.29, 0.717) is 29.6 Å². The average molecular weight is 648 g/mol. The quantitative estimate of drug-likeness (QED) is 0.0944. The number of fused-ring (bicyclic) bond motifs is 2. The van der Waals surface area contributed by atoms with Gasteiger partial charge in [0.2, 0.25) is 0 Å². The Balaban J connectivity index is 0.000000987. The van der Waals surface area contributed by atoms with Crippen molar-refractivity contribution in [1.82, 2.24) is 35.8 Å². The molecule has 0 bridgehead atoms. The molecule has 2 aromatic carbocycles. The van der Waals surface area contributed by atoms with Crippen LogP contribution >= 0.6 is 0 Å². The maximum Gasteiger partial charge on any atom is 0.178 e. The molecule has 1 fully saturated rings. The Hall–Kier alpha value is -4.92. The second-order valence-electron chi connectivity index (χ2n) is 10.9. The second-order valence-corrected chi connectivity index (χ2v) is 10.9. The van der Waals surface area contributed by atoms with E-state index in [4.69, 9.17) is 4.98 Å². The number of piperidine rings is 1. The summed E-state index contributed by atoms with van der Waals surface area (Å²) in [5.74, 6) is 1.01. The number of benzene rings is 2. The number of nitrogens with one attached hydrogen (secondary N) is 4. The number of H-pyrrole nitrogens is 2. The van der Waals surface area contributed by atoms with Crippen molar-refractivity contribution in [2.75, 3.05) is 20.1 Å². The zero-order valence-electron chi connectivity index (χ0n) is 28.9. The summed E-state index contributed by atoms with van der Waals surface area (Å²) in [6.07, 6.45) is 11.5. The number of rotatable bonds is 9. The molecule has 0 atom stereocenters.